The molecule has 21 heavy (non-hydrogen) atoms. The van der Waals surface area contributed by atoms with Crippen LogP contribution in [0.3, 0.4) is 0 Å². The fourth-order valence-corrected chi connectivity index (χ4v) is 3.37. The second kappa shape index (κ2) is 4.89. The number of hydrogen-bond acceptors (Lipinski definition) is 0. The Bertz CT molecular complexity index is 798. The van der Waals surface area contributed by atoms with E-state index < -0.39 is 0 Å². The first-order valence-electron chi connectivity index (χ1n) is 7.66. The van der Waals surface area contributed by atoms with E-state index in [-0.39, 0.29) is 0 Å². The van der Waals surface area contributed by atoms with E-state index in [4.69, 9.17) is 0 Å². The summed E-state index contributed by atoms with van der Waals surface area (Å²) in [4.78, 5) is 0. The Morgan fingerprint density at radius 2 is 1.48 bits per heavy atom. The van der Waals surface area contributed by atoms with E-state index in [9.17, 15) is 0 Å². The molecule has 3 aromatic carbocycles. The lowest BCUT2D eigenvalue weighted by Gasteiger charge is -2.12. The fourth-order valence-electron chi connectivity index (χ4n) is 3.37. The van der Waals surface area contributed by atoms with Crippen LogP contribution in [0.25, 0.3) is 22.3 Å². The second-order valence-electron chi connectivity index (χ2n) is 5.72. The maximum absolute atomic E-state index is 2.38. The standard InChI is InChI=1S/C21H18/c1-2-15-12-19(16-8-4-3-5-9-16)21-14-17-10-6-7-11-18(17)20(21)13-15/h3-13H,2,14H2,1H3. The quantitative estimate of drug-likeness (QED) is 0.452. The molecule has 0 bridgehead atoms. The molecule has 0 N–H and O–H groups in total. The molecule has 0 heterocycles. The zero-order valence-corrected chi connectivity index (χ0v) is 12.3. The lowest BCUT2D eigenvalue weighted by Crippen LogP contribution is -1.91. The molecule has 0 nitrogen and oxygen atoms in total. The van der Waals surface area contributed by atoms with Crippen LogP contribution in [0.4, 0.5) is 0 Å². The van der Waals surface area contributed by atoms with E-state index in [0.717, 1.165) is 12.8 Å². The molecule has 3 aromatic rings. The summed E-state index contributed by atoms with van der Waals surface area (Å²) in [6, 6.07) is 24.4. The van der Waals surface area contributed by atoms with Gasteiger partial charge < -0.3 is 0 Å². The van der Waals surface area contributed by atoms with Gasteiger partial charge in [0.2, 0.25) is 0 Å². The summed E-state index contributed by atoms with van der Waals surface area (Å²) in [5.74, 6) is 0. The van der Waals surface area contributed by atoms with Gasteiger partial charge in [0.25, 0.3) is 0 Å². The molecular weight excluding hydrogens is 252 g/mol. The van der Waals surface area contributed by atoms with Crippen molar-refractivity contribution in [1.82, 2.24) is 0 Å². The Balaban J connectivity index is 1.99. The molecule has 0 radical (unpaired) electrons. The summed E-state index contributed by atoms with van der Waals surface area (Å²) < 4.78 is 0. The molecule has 1 aliphatic rings. The zero-order valence-electron chi connectivity index (χ0n) is 12.3. The van der Waals surface area contributed by atoms with E-state index in [1.165, 1.54) is 38.9 Å². The summed E-state index contributed by atoms with van der Waals surface area (Å²) in [7, 11) is 0. The van der Waals surface area contributed by atoms with E-state index in [0.29, 0.717) is 0 Å². The van der Waals surface area contributed by atoms with Gasteiger partial charge in [0.1, 0.15) is 0 Å². The van der Waals surface area contributed by atoms with Crippen LogP contribution in [0.1, 0.15) is 23.6 Å². The summed E-state index contributed by atoms with van der Waals surface area (Å²) >= 11 is 0. The monoisotopic (exact) mass is 270 g/mol. The highest BCUT2D eigenvalue weighted by atomic mass is 14.3. The van der Waals surface area contributed by atoms with Crippen molar-refractivity contribution in [2.24, 2.45) is 0 Å². The van der Waals surface area contributed by atoms with Crippen LogP contribution in [0.15, 0.2) is 66.7 Å². The molecule has 0 amide bonds. The Morgan fingerprint density at radius 1 is 0.762 bits per heavy atom. The van der Waals surface area contributed by atoms with Gasteiger partial charge in [-0.25, -0.2) is 0 Å². The van der Waals surface area contributed by atoms with Crippen molar-refractivity contribution in [3.63, 3.8) is 0 Å². The minimum atomic E-state index is 1.06. The van der Waals surface area contributed by atoms with Gasteiger partial charge in [-0.05, 0) is 51.8 Å². The summed E-state index contributed by atoms with van der Waals surface area (Å²) in [6.45, 7) is 2.23. The van der Waals surface area contributed by atoms with Gasteiger partial charge in [-0.3, -0.25) is 0 Å². The van der Waals surface area contributed by atoms with E-state index in [2.05, 4.69) is 73.7 Å². The molecule has 0 saturated carbocycles. The second-order valence-corrected chi connectivity index (χ2v) is 5.72. The average molecular weight is 270 g/mol. The summed E-state index contributed by atoms with van der Waals surface area (Å²) in [5.41, 5.74) is 9.95. The van der Waals surface area contributed by atoms with Crippen molar-refractivity contribution < 1.29 is 0 Å². The predicted octanol–water partition coefficient (Wildman–Crippen LogP) is 5.49. The molecule has 0 saturated heterocycles. The average Bonchev–Trinajstić information content (AvgIpc) is 2.93. The number of fused-ring (bicyclic) bond motifs is 3. The minimum absolute atomic E-state index is 1.06. The molecule has 0 heteroatoms. The van der Waals surface area contributed by atoms with E-state index >= 15 is 0 Å². The maximum Gasteiger partial charge on any atom is -0.000728 e. The van der Waals surface area contributed by atoms with Crippen LogP contribution in [0.5, 0.6) is 0 Å². The van der Waals surface area contributed by atoms with E-state index in [1.807, 2.05) is 0 Å². The molecule has 0 unspecified atom stereocenters. The number of aryl methyl sites for hydroxylation is 1. The van der Waals surface area contributed by atoms with Gasteiger partial charge in [-0.2, -0.15) is 0 Å². The number of benzene rings is 3. The Labute approximate surface area is 126 Å². The first-order valence-corrected chi connectivity index (χ1v) is 7.66. The Morgan fingerprint density at radius 3 is 2.29 bits per heavy atom. The third-order valence-corrected chi connectivity index (χ3v) is 4.48. The predicted molar refractivity (Wildman–Crippen MR) is 89.5 cm³/mol. The molecule has 0 spiro atoms. The number of rotatable bonds is 2. The molecule has 0 atom stereocenters. The molecule has 0 aliphatic heterocycles. The molecular formula is C21H18. The lowest BCUT2D eigenvalue weighted by atomic mass is 9.92. The van der Waals surface area contributed by atoms with Crippen molar-refractivity contribution in [2.75, 3.05) is 0 Å². The SMILES string of the molecule is CCc1cc(-c2ccccc2)c2c(c1)-c1ccccc1C2. The molecule has 1 aliphatic carbocycles. The van der Waals surface area contributed by atoms with Gasteiger partial charge in [0, 0.05) is 0 Å². The van der Waals surface area contributed by atoms with Crippen molar-refractivity contribution in [3.05, 3.63) is 83.4 Å². The van der Waals surface area contributed by atoms with Gasteiger partial charge in [-0.15, -0.1) is 0 Å². The van der Waals surface area contributed by atoms with Crippen molar-refractivity contribution in [2.45, 2.75) is 19.8 Å². The van der Waals surface area contributed by atoms with Crippen LogP contribution in [0, 0.1) is 0 Å². The van der Waals surface area contributed by atoms with Gasteiger partial charge in [-0.1, -0.05) is 73.7 Å². The fraction of sp³-hybridized carbons (Fsp3) is 0.143. The third kappa shape index (κ3) is 1.99. The van der Waals surface area contributed by atoms with Crippen LogP contribution in [0.2, 0.25) is 0 Å². The third-order valence-electron chi connectivity index (χ3n) is 4.48. The van der Waals surface area contributed by atoms with Crippen LogP contribution in [-0.2, 0) is 12.8 Å². The van der Waals surface area contributed by atoms with Gasteiger partial charge >= 0.3 is 0 Å². The first kappa shape index (κ1) is 12.4. The molecule has 4 rings (SSSR count). The Hall–Kier alpha value is -2.34. The van der Waals surface area contributed by atoms with Crippen LogP contribution < -0.4 is 0 Å². The Kier molecular flexibility index (Phi) is 2.89. The van der Waals surface area contributed by atoms with Crippen molar-refractivity contribution in [3.8, 4) is 22.3 Å². The topological polar surface area (TPSA) is 0 Å². The zero-order chi connectivity index (χ0) is 14.2. The molecule has 102 valence electrons. The van der Waals surface area contributed by atoms with E-state index in [1.54, 1.807) is 0 Å². The van der Waals surface area contributed by atoms with Crippen LogP contribution in [-0.4, -0.2) is 0 Å². The summed E-state index contributed by atoms with van der Waals surface area (Å²) in [5, 5.41) is 0. The van der Waals surface area contributed by atoms with Crippen molar-refractivity contribution >= 4 is 0 Å². The highest BCUT2D eigenvalue weighted by Gasteiger charge is 2.21. The first-order chi connectivity index (χ1) is 10.4. The van der Waals surface area contributed by atoms with Crippen LogP contribution >= 0.6 is 0 Å². The number of hydrogen-bond donors (Lipinski definition) is 0. The lowest BCUT2D eigenvalue weighted by molar-refractivity contribution is 1.13. The highest BCUT2D eigenvalue weighted by molar-refractivity contribution is 5.85. The largest absolute Gasteiger partial charge is 0.0622 e. The highest BCUT2D eigenvalue weighted by Crippen LogP contribution is 2.42. The minimum Gasteiger partial charge on any atom is -0.0622 e. The van der Waals surface area contributed by atoms with Gasteiger partial charge in [0.15, 0.2) is 0 Å². The molecule has 0 fully saturated rings. The smallest absolute Gasteiger partial charge is 0.000728 e. The maximum atomic E-state index is 2.38. The van der Waals surface area contributed by atoms with Crippen molar-refractivity contribution in [1.29, 1.82) is 0 Å². The summed E-state index contributed by atoms with van der Waals surface area (Å²) in [6.07, 6.45) is 2.13. The normalized spacial score (nSPS) is 12.0. The van der Waals surface area contributed by atoms with Gasteiger partial charge in [0.05, 0.1) is 0 Å². The molecule has 0 aromatic heterocycles.